The van der Waals surface area contributed by atoms with Gasteiger partial charge in [-0.05, 0) is 50.5 Å². The first-order valence-electron chi connectivity index (χ1n) is 9.55. The number of anilines is 1. The number of aryl methyl sites for hydroxylation is 1. The van der Waals surface area contributed by atoms with Crippen molar-refractivity contribution in [3.05, 3.63) is 21.8 Å². The first-order chi connectivity index (χ1) is 13.5. The molecule has 7 nitrogen and oxygen atoms in total. The van der Waals surface area contributed by atoms with E-state index in [1.165, 1.54) is 35.1 Å². The van der Waals surface area contributed by atoms with Crippen LogP contribution in [0.15, 0.2) is 5.16 Å². The predicted molar refractivity (Wildman–Crippen MR) is 109 cm³/mol. The molecule has 2 aliphatic carbocycles. The number of carbonyl (C=O) groups is 2. The van der Waals surface area contributed by atoms with Gasteiger partial charge in [0.2, 0.25) is 5.91 Å². The Balaban J connectivity index is 1.48. The summed E-state index contributed by atoms with van der Waals surface area (Å²) in [6.45, 7) is 4.16. The molecule has 4 rings (SSSR count). The number of esters is 1. The number of thiophene rings is 1. The molecule has 1 fully saturated rings. The topological polar surface area (TPSA) is 86.1 Å². The van der Waals surface area contributed by atoms with E-state index in [1.54, 1.807) is 0 Å². The highest BCUT2D eigenvalue weighted by atomic mass is 32.2. The standard InChI is InChI=1S/C19H24N4O3S2/c1-10-4-7-13-14(8-10)28-17(16(13)18(25)26-3)20-15(24)9-27-19-22-21-11(2)23(19)12-5-6-12/h10,12H,4-9H2,1-3H3,(H,20,24)/t10-/m0/s1. The predicted octanol–water partition coefficient (Wildman–Crippen LogP) is 3.63. The second-order valence-electron chi connectivity index (χ2n) is 7.52. The average molecular weight is 421 g/mol. The van der Waals surface area contributed by atoms with Crippen molar-refractivity contribution in [3.63, 3.8) is 0 Å². The van der Waals surface area contributed by atoms with Gasteiger partial charge < -0.3 is 14.6 Å². The summed E-state index contributed by atoms with van der Waals surface area (Å²) in [5, 5.41) is 12.7. The zero-order valence-electron chi connectivity index (χ0n) is 16.3. The third-order valence-corrected chi connectivity index (χ3v) is 7.35. The quantitative estimate of drug-likeness (QED) is 0.567. The number of rotatable bonds is 6. The fraction of sp³-hybridized carbons (Fsp3) is 0.579. The number of hydrogen-bond acceptors (Lipinski definition) is 7. The summed E-state index contributed by atoms with van der Waals surface area (Å²) in [6, 6.07) is 0.470. The molecule has 1 N–H and O–H groups in total. The van der Waals surface area contributed by atoms with Crippen LogP contribution in [-0.4, -0.2) is 39.5 Å². The van der Waals surface area contributed by atoms with E-state index in [1.807, 2.05) is 6.92 Å². The molecule has 0 aliphatic heterocycles. The Morgan fingerprint density at radius 3 is 2.82 bits per heavy atom. The van der Waals surface area contributed by atoms with Gasteiger partial charge in [0.25, 0.3) is 0 Å². The molecule has 2 aliphatic rings. The van der Waals surface area contributed by atoms with E-state index in [9.17, 15) is 9.59 Å². The molecular weight excluding hydrogens is 396 g/mol. The number of aromatic nitrogens is 3. The van der Waals surface area contributed by atoms with Crippen LogP contribution in [0.3, 0.4) is 0 Å². The maximum absolute atomic E-state index is 12.6. The number of hydrogen-bond donors (Lipinski definition) is 1. The van der Waals surface area contributed by atoms with E-state index < -0.39 is 0 Å². The number of nitrogens with one attached hydrogen (secondary N) is 1. The first kappa shape index (κ1) is 19.4. The Labute approximate surface area is 172 Å². The van der Waals surface area contributed by atoms with Crippen LogP contribution < -0.4 is 5.32 Å². The third-order valence-electron chi connectivity index (χ3n) is 5.23. The lowest BCUT2D eigenvalue weighted by Gasteiger charge is -2.18. The van der Waals surface area contributed by atoms with E-state index in [-0.39, 0.29) is 17.6 Å². The fourth-order valence-corrected chi connectivity index (χ4v) is 5.92. The second-order valence-corrected chi connectivity index (χ2v) is 9.56. The van der Waals surface area contributed by atoms with Crippen molar-refractivity contribution in [2.45, 2.75) is 57.1 Å². The Morgan fingerprint density at radius 1 is 1.32 bits per heavy atom. The van der Waals surface area contributed by atoms with Crippen molar-refractivity contribution >= 4 is 40.0 Å². The molecule has 1 atom stereocenters. The van der Waals surface area contributed by atoms with E-state index >= 15 is 0 Å². The first-order valence-corrected chi connectivity index (χ1v) is 11.3. The van der Waals surface area contributed by atoms with Gasteiger partial charge in [0.15, 0.2) is 5.16 Å². The largest absolute Gasteiger partial charge is 0.465 e. The Hall–Kier alpha value is -1.87. The van der Waals surface area contributed by atoms with Gasteiger partial charge in [-0.2, -0.15) is 0 Å². The van der Waals surface area contributed by atoms with Gasteiger partial charge in [-0.3, -0.25) is 4.79 Å². The fourth-order valence-electron chi connectivity index (χ4n) is 3.65. The molecule has 150 valence electrons. The van der Waals surface area contributed by atoms with Crippen molar-refractivity contribution < 1.29 is 14.3 Å². The molecule has 0 saturated heterocycles. The molecule has 28 heavy (non-hydrogen) atoms. The summed E-state index contributed by atoms with van der Waals surface area (Å²) < 4.78 is 7.09. The van der Waals surface area contributed by atoms with E-state index in [2.05, 4.69) is 27.0 Å². The van der Waals surface area contributed by atoms with Crippen LogP contribution in [0.25, 0.3) is 0 Å². The van der Waals surface area contributed by atoms with Crippen molar-refractivity contribution in [1.82, 2.24) is 14.8 Å². The summed E-state index contributed by atoms with van der Waals surface area (Å²) in [6.07, 6.45) is 5.12. The summed E-state index contributed by atoms with van der Waals surface area (Å²) in [7, 11) is 1.38. The van der Waals surface area contributed by atoms with Crippen LogP contribution in [0.2, 0.25) is 0 Å². The van der Waals surface area contributed by atoms with Gasteiger partial charge in [0.05, 0.1) is 18.4 Å². The Bertz CT molecular complexity index is 917. The van der Waals surface area contributed by atoms with Gasteiger partial charge in [-0.1, -0.05) is 18.7 Å². The van der Waals surface area contributed by atoms with Crippen molar-refractivity contribution in [3.8, 4) is 0 Å². The summed E-state index contributed by atoms with van der Waals surface area (Å²) in [5.41, 5.74) is 1.58. The third kappa shape index (κ3) is 3.82. The molecule has 0 spiro atoms. The zero-order chi connectivity index (χ0) is 19.8. The smallest absolute Gasteiger partial charge is 0.341 e. The number of amides is 1. The van der Waals surface area contributed by atoms with Crippen LogP contribution in [0.1, 0.15) is 58.9 Å². The molecule has 1 amide bonds. The molecular formula is C19H24N4O3S2. The van der Waals surface area contributed by atoms with Crippen LogP contribution in [0.5, 0.6) is 0 Å². The van der Waals surface area contributed by atoms with Gasteiger partial charge in [0, 0.05) is 10.9 Å². The number of ether oxygens (including phenoxy) is 1. The number of thioether (sulfide) groups is 1. The SMILES string of the molecule is COC(=O)c1c(NC(=O)CSc2nnc(C)n2C2CC2)sc2c1CC[C@H](C)C2. The average Bonchev–Trinajstić information content (AvgIpc) is 3.34. The minimum Gasteiger partial charge on any atom is -0.465 e. The normalized spacial score (nSPS) is 18.6. The number of methoxy groups -OCH3 is 1. The lowest BCUT2D eigenvalue weighted by molar-refractivity contribution is -0.113. The van der Waals surface area contributed by atoms with Gasteiger partial charge >= 0.3 is 5.97 Å². The highest BCUT2D eigenvalue weighted by molar-refractivity contribution is 7.99. The lowest BCUT2D eigenvalue weighted by Crippen LogP contribution is -2.17. The minimum absolute atomic E-state index is 0.148. The van der Waals surface area contributed by atoms with E-state index in [4.69, 9.17) is 4.74 Å². The summed E-state index contributed by atoms with van der Waals surface area (Å²) in [4.78, 5) is 26.1. The summed E-state index contributed by atoms with van der Waals surface area (Å²) >= 11 is 2.89. The van der Waals surface area contributed by atoms with Gasteiger partial charge in [-0.25, -0.2) is 4.79 Å². The minimum atomic E-state index is -0.376. The highest BCUT2D eigenvalue weighted by Gasteiger charge is 2.30. The van der Waals surface area contributed by atoms with Crippen LogP contribution in [-0.2, 0) is 22.4 Å². The molecule has 9 heteroatoms. The zero-order valence-corrected chi connectivity index (χ0v) is 17.9. The van der Waals surface area contributed by atoms with Crippen molar-refractivity contribution in [1.29, 1.82) is 0 Å². The molecule has 0 unspecified atom stereocenters. The van der Waals surface area contributed by atoms with Crippen LogP contribution in [0.4, 0.5) is 5.00 Å². The van der Waals surface area contributed by atoms with Crippen LogP contribution >= 0.6 is 23.1 Å². The molecule has 0 bridgehead atoms. The number of fused-ring (bicyclic) bond motifs is 1. The molecule has 0 aromatic carbocycles. The molecule has 0 radical (unpaired) electrons. The lowest BCUT2D eigenvalue weighted by atomic mass is 9.88. The van der Waals surface area contributed by atoms with E-state index in [0.717, 1.165) is 48.6 Å². The second kappa shape index (κ2) is 7.87. The molecule has 2 aromatic rings. The number of nitrogens with zero attached hydrogens (tertiary/aromatic N) is 3. The highest BCUT2D eigenvalue weighted by Crippen LogP contribution is 2.41. The van der Waals surface area contributed by atoms with Crippen LogP contribution in [0, 0.1) is 12.8 Å². The Kier molecular flexibility index (Phi) is 5.46. The van der Waals surface area contributed by atoms with Crippen molar-refractivity contribution in [2.75, 3.05) is 18.2 Å². The van der Waals surface area contributed by atoms with Gasteiger partial charge in [0.1, 0.15) is 10.8 Å². The maximum atomic E-state index is 12.6. The van der Waals surface area contributed by atoms with Gasteiger partial charge in [-0.15, -0.1) is 21.5 Å². The summed E-state index contributed by atoms with van der Waals surface area (Å²) in [5.74, 6) is 1.18. The van der Waals surface area contributed by atoms with Crippen molar-refractivity contribution in [2.24, 2.45) is 5.92 Å². The van der Waals surface area contributed by atoms with E-state index in [0.29, 0.717) is 22.5 Å². The molecule has 2 aromatic heterocycles. The molecule has 2 heterocycles. The maximum Gasteiger partial charge on any atom is 0.341 e. The number of carbonyl (C=O) groups excluding carboxylic acids is 2. The Morgan fingerprint density at radius 2 is 2.11 bits per heavy atom. The monoisotopic (exact) mass is 420 g/mol. The molecule has 1 saturated carbocycles.